The van der Waals surface area contributed by atoms with Crippen molar-refractivity contribution in [2.45, 2.75) is 19.8 Å². The number of carbonyl (C=O) groups is 1. The van der Waals surface area contributed by atoms with Gasteiger partial charge in [-0.15, -0.1) is 0 Å². The monoisotopic (exact) mass is 255 g/mol. The first-order valence-corrected chi connectivity index (χ1v) is 6.26. The first kappa shape index (κ1) is 13.1. The molecule has 0 aliphatic heterocycles. The zero-order valence-corrected chi connectivity index (χ0v) is 10.9. The Morgan fingerprint density at radius 3 is 2.47 bits per heavy atom. The number of nitrogens with two attached hydrogens (primary N) is 1. The van der Waals surface area contributed by atoms with Crippen LogP contribution in [0.2, 0.25) is 0 Å². The number of carbonyl (C=O) groups excluding carboxylic acids is 1. The Labute approximate surface area is 113 Å². The van der Waals surface area contributed by atoms with Crippen LogP contribution in [0.1, 0.15) is 17.5 Å². The number of hydrogen-bond acceptors (Lipinski definition) is 3. The van der Waals surface area contributed by atoms with E-state index in [4.69, 9.17) is 10.5 Å². The third kappa shape index (κ3) is 3.85. The van der Waals surface area contributed by atoms with Crippen LogP contribution in [-0.4, -0.2) is 5.97 Å². The zero-order chi connectivity index (χ0) is 13.7. The van der Waals surface area contributed by atoms with Gasteiger partial charge in [-0.2, -0.15) is 0 Å². The summed E-state index contributed by atoms with van der Waals surface area (Å²) >= 11 is 0. The van der Waals surface area contributed by atoms with E-state index >= 15 is 0 Å². The average molecular weight is 255 g/mol. The van der Waals surface area contributed by atoms with Gasteiger partial charge in [0.15, 0.2) is 0 Å². The topological polar surface area (TPSA) is 52.3 Å². The first-order chi connectivity index (χ1) is 9.15. The van der Waals surface area contributed by atoms with Crippen molar-refractivity contribution in [3.05, 3.63) is 59.7 Å². The second-order valence-electron chi connectivity index (χ2n) is 4.49. The van der Waals surface area contributed by atoms with Gasteiger partial charge in [0.25, 0.3) is 0 Å². The molecule has 2 aromatic carbocycles. The molecular formula is C16H17NO2. The quantitative estimate of drug-likeness (QED) is 0.519. The molecule has 0 amide bonds. The Hall–Kier alpha value is -2.29. The van der Waals surface area contributed by atoms with Crippen LogP contribution in [0.25, 0.3) is 0 Å². The lowest BCUT2D eigenvalue weighted by atomic mass is 10.1. The molecule has 0 aliphatic carbocycles. The van der Waals surface area contributed by atoms with Crippen molar-refractivity contribution < 1.29 is 9.53 Å². The van der Waals surface area contributed by atoms with Crippen LogP contribution in [0.5, 0.6) is 5.75 Å². The summed E-state index contributed by atoms with van der Waals surface area (Å²) in [5.74, 6) is 0.337. The Kier molecular flexibility index (Phi) is 4.18. The second-order valence-corrected chi connectivity index (χ2v) is 4.49. The van der Waals surface area contributed by atoms with Gasteiger partial charge in [0.05, 0.1) is 6.42 Å². The number of para-hydroxylation sites is 1. The van der Waals surface area contributed by atoms with E-state index in [9.17, 15) is 4.79 Å². The summed E-state index contributed by atoms with van der Waals surface area (Å²) in [4.78, 5) is 11.7. The van der Waals surface area contributed by atoms with Crippen molar-refractivity contribution in [2.75, 3.05) is 5.73 Å². The minimum Gasteiger partial charge on any atom is -0.427 e. The van der Waals surface area contributed by atoms with Crippen LogP contribution in [0, 0.1) is 6.92 Å². The van der Waals surface area contributed by atoms with Crippen molar-refractivity contribution in [1.29, 1.82) is 0 Å². The summed E-state index contributed by atoms with van der Waals surface area (Å²) < 4.78 is 5.25. The highest BCUT2D eigenvalue weighted by Crippen LogP contribution is 2.15. The predicted octanol–water partition coefficient (Wildman–Crippen LogP) is 3.12. The molecule has 19 heavy (non-hydrogen) atoms. The summed E-state index contributed by atoms with van der Waals surface area (Å²) in [6, 6.07) is 15.0. The fourth-order valence-electron chi connectivity index (χ4n) is 1.79. The van der Waals surface area contributed by atoms with E-state index in [1.54, 1.807) is 12.1 Å². The van der Waals surface area contributed by atoms with E-state index in [1.165, 1.54) is 0 Å². The summed E-state index contributed by atoms with van der Waals surface area (Å²) in [6.07, 6.45) is 0.916. The van der Waals surface area contributed by atoms with Gasteiger partial charge in [-0.25, -0.2) is 0 Å². The molecule has 98 valence electrons. The van der Waals surface area contributed by atoms with E-state index < -0.39 is 0 Å². The van der Waals surface area contributed by atoms with Gasteiger partial charge in [-0.05, 0) is 37.1 Å². The average Bonchev–Trinajstić information content (AvgIpc) is 2.40. The van der Waals surface area contributed by atoms with Gasteiger partial charge in [-0.3, -0.25) is 4.79 Å². The fourth-order valence-corrected chi connectivity index (χ4v) is 1.79. The van der Waals surface area contributed by atoms with Crippen molar-refractivity contribution in [1.82, 2.24) is 0 Å². The number of rotatable bonds is 4. The molecule has 2 N–H and O–H groups in total. The number of esters is 1. The van der Waals surface area contributed by atoms with Crippen molar-refractivity contribution in [2.24, 2.45) is 0 Å². The van der Waals surface area contributed by atoms with Crippen LogP contribution in [0.4, 0.5) is 5.69 Å². The van der Waals surface area contributed by atoms with Gasteiger partial charge in [0.2, 0.25) is 0 Å². The second kappa shape index (κ2) is 6.05. The number of aryl methyl sites for hydroxylation is 2. The van der Waals surface area contributed by atoms with E-state index in [-0.39, 0.29) is 5.97 Å². The molecule has 0 heterocycles. The Balaban J connectivity index is 1.88. The summed E-state index contributed by atoms with van der Waals surface area (Å²) in [6.45, 7) is 1.99. The molecule has 0 radical (unpaired) electrons. The molecule has 0 aliphatic rings. The van der Waals surface area contributed by atoms with Gasteiger partial charge >= 0.3 is 5.97 Å². The Bertz CT molecular complexity index is 561. The summed E-state index contributed by atoms with van der Waals surface area (Å²) in [7, 11) is 0. The van der Waals surface area contributed by atoms with E-state index in [0.717, 1.165) is 11.1 Å². The number of nitrogen functional groups attached to an aromatic ring is 1. The maximum absolute atomic E-state index is 11.7. The Morgan fingerprint density at radius 1 is 1.11 bits per heavy atom. The highest BCUT2D eigenvalue weighted by molar-refractivity contribution is 5.73. The number of anilines is 1. The largest absolute Gasteiger partial charge is 0.427 e. The molecule has 2 rings (SSSR count). The maximum atomic E-state index is 11.7. The molecule has 0 saturated carbocycles. The van der Waals surface area contributed by atoms with Crippen LogP contribution < -0.4 is 10.5 Å². The highest BCUT2D eigenvalue weighted by atomic mass is 16.5. The molecule has 0 bridgehead atoms. The molecule has 0 spiro atoms. The third-order valence-corrected chi connectivity index (χ3v) is 2.91. The molecular weight excluding hydrogens is 238 g/mol. The van der Waals surface area contributed by atoms with Crippen LogP contribution in [-0.2, 0) is 11.2 Å². The summed E-state index contributed by atoms with van der Waals surface area (Å²) in [5, 5.41) is 0. The molecule has 3 nitrogen and oxygen atoms in total. The van der Waals surface area contributed by atoms with Gasteiger partial charge in [0, 0.05) is 5.69 Å². The lowest BCUT2D eigenvalue weighted by Gasteiger charge is -2.06. The molecule has 2 aromatic rings. The highest BCUT2D eigenvalue weighted by Gasteiger charge is 2.06. The molecule has 0 aromatic heterocycles. The van der Waals surface area contributed by atoms with Gasteiger partial charge < -0.3 is 10.5 Å². The van der Waals surface area contributed by atoms with E-state index in [1.807, 2.05) is 43.3 Å². The predicted molar refractivity (Wildman–Crippen MR) is 76.0 cm³/mol. The molecule has 0 fully saturated rings. The van der Waals surface area contributed by atoms with Crippen molar-refractivity contribution in [3.63, 3.8) is 0 Å². The van der Waals surface area contributed by atoms with E-state index in [2.05, 4.69) is 0 Å². The maximum Gasteiger partial charge on any atom is 0.311 e. The van der Waals surface area contributed by atoms with Crippen molar-refractivity contribution in [3.8, 4) is 5.75 Å². The van der Waals surface area contributed by atoms with Gasteiger partial charge in [0.1, 0.15) is 5.75 Å². The van der Waals surface area contributed by atoms with Gasteiger partial charge in [-0.1, -0.05) is 35.9 Å². The standard InChI is InChI=1S/C16H17NO2/c1-12-6-9-14(10-7-12)19-16(18)11-8-13-4-2-3-5-15(13)17/h2-7,9-10H,8,11,17H2,1H3. The Morgan fingerprint density at radius 2 is 1.79 bits per heavy atom. The van der Waals surface area contributed by atoms with E-state index in [0.29, 0.717) is 24.3 Å². The lowest BCUT2D eigenvalue weighted by Crippen LogP contribution is -2.09. The number of ether oxygens (including phenoxy) is 1. The third-order valence-electron chi connectivity index (χ3n) is 2.91. The SMILES string of the molecule is Cc1ccc(OC(=O)CCc2ccccc2N)cc1. The fraction of sp³-hybridized carbons (Fsp3) is 0.188. The number of hydrogen-bond donors (Lipinski definition) is 1. The lowest BCUT2D eigenvalue weighted by molar-refractivity contribution is -0.134. The van der Waals surface area contributed by atoms with Crippen LogP contribution in [0.15, 0.2) is 48.5 Å². The molecule has 0 saturated heterocycles. The van der Waals surface area contributed by atoms with Crippen LogP contribution >= 0.6 is 0 Å². The summed E-state index contributed by atoms with van der Waals surface area (Å²) in [5.41, 5.74) is 8.65. The molecule has 3 heteroatoms. The minimum atomic E-state index is -0.243. The molecule has 0 unspecified atom stereocenters. The zero-order valence-electron chi connectivity index (χ0n) is 10.9. The van der Waals surface area contributed by atoms with Crippen LogP contribution in [0.3, 0.4) is 0 Å². The normalized spacial score (nSPS) is 10.2. The number of benzene rings is 2. The van der Waals surface area contributed by atoms with Crippen molar-refractivity contribution >= 4 is 11.7 Å². The minimum absolute atomic E-state index is 0.243. The smallest absolute Gasteiger partial charge is 0.311 e. The molecule has 0 atom stereocenters. The first-order valence-electron chi connectivity index (χ1n) is 6.26.